The number of hydrogen-bond donors (Lipinski definition) is 11. The molecule has 0 saturated carbocycles. The Bertz CT molecular complexity index is 641. The van der Waals surface area contributed by atoms with Crippen LogP contribution in [0.1, 0.15) is 0 Å². The molecule has 0 spiro atoms. The fourth-order valence-electron chi connectivity index (χ4n) is 4.10. The minimum absolute atomic E-state index is 0.795. The predicted molar refractivity (Wildman–Crippen MR) is 101 cm³/mol. The summed E-state index contributed by atoms with van der Waals surface area (Å²) >= 11 is 0. The van der Waals surface area contributed by atoms with Crippen LogP contribution >= 0.6 is 0 Å². The molecule has 16 heteroatoms. The number of rotatable bonds is 10. The summed E-state index contributed by atoms with van der Waals surface area (Å²) in [6.45, 7) is -2.43. The van der Waals surface area contributed by atoms with Crippen LogP contribution in [0.2, 0.25) is 0 Å². The lowest BCUT2D eigenvalue weighted by molar-refractivity contribution is -0.275. The van der Waals surface area contributed by atoms with E-state index in [1.54, 1.807) is 0 Å². The monoisotopic (exact) mass is 504 g/mol. The van der Waals surface area contributed by atoms with Gasteiger partial charge in [-0.15, -0.1) is 0 Å². The van der Waals surface area contributed by atoms with Gasteiger partial charge >= 0.3 is 0 Å². The highest BCUT2D eigenvalue weighted by molar-refractivity contribution is 4.97. The first-order chi connectivity index (χ1) is 16.0. The summed E-state index contributed by atoms with van der Waals surface area (Å²) in [6.07, 6.45) is -24.4. The molecule has 3 heterocycles. The Labute approximate surface area is 192 Å². The summed E-state index contributed by atoms with van der Waals surface area (Å²) < 4.78 is 26.6. The molecule has 3 aliphatic rings. The predicted octanol–water partition coefficient (Wildman–Crippen LogP) is -7.57. The van der Waals surface area contributed by atoms with Gasteiger partial charge < -0.3 is 79.9 Å². The maximum atomic E-state index is 10.6. The average Bonchev–Trinajstić information content (AvgIpc) is 3.40. The van der Waals surface area contributed by atoms with Gasteiger partial charge in [0, 0.05) is 0 Å². The summed E-state index contributed by atoms with van der Waals surface area (Å²) in [5.74, 6) is 0. The summed E-state index contributed by atoms with van der Waals surface area (Å²) in [5.41, 5.74) is 0. The van der Waals surface area contributed by atoms with Crippen molar-refractivity contribution in [1.82, 2.24) is 0 Å². The van der Waals surface area contributed by atoms with Crippen molar-refractivity contribution in [3.8, 4) is 0 Å². The lowest BCUT2D eigenvalue weighted by atomic mass is 10.0. The molecule has 16 nitrogen and oxygen atoms in total. The maximum absolute atomic E-state index is 10.6. The summed E-state index contributed by atoms with van der Waals surface area (Å²) in [6, 6.07) is 0. The largest absolute Gasteiger partial charge is 0.394 e. The molecule has 0 aliphatic carbocycles. The van der Waals surface area contributed by atoms with E-state index in [0.29, 0.717) is 0 Å². The van der Waals surface area contributed by atoms with Crippen LogP contribution < -0.4 is 0 Å². The van der Waals surface area contributed by atoms with Crippen molar-refractivity contribution in [2.75, 3.05) is 19.8 Å². The molecule has 0 aromatic heterocycles. The summed E-state index contributed by atoms with van der Waals surface area (Å²) in [4.78, 5) is 0. The third-order valence-corrected chi connectivity index (χ3v) is 6.02. The van der Waals surface area contributed by atoms with Crippen molar-refractivity contribution in [3.63, 3.8) is 0 Å². The van der Waals surface area contributed by atoms with Gasteiger partial charge in [0.05, 0.1) is 19.8 Å². The van der Waals surface area contributed by atoms with Gasteiger partial charge in [-0.2, -0.15) is 0 Å². The fraction of sp³-hybridized carbons (Fsp3) is 1.00. The van der Waals surface area contributed by atoms with Crippen molar-refractivity contribution in [1.29, 1.82) is 0 Å². The molecule has 0 aromatic carbocycles. The van der Waals surface area contributed by atoms with Gasteiger partial charge in [-0.25, -0.2) is 0 Å². The van der Waals surface area contributed by atoms with Crippen LogP contribution in [0.15, 0.2) is 0 Å². The van der Waals surface area contributed by atoms with Gasteiger partial charge in [0.15, 0.2) is 18.9 Å². The minimum Gasteiger partial charge on any atom is -0.394 e. The SMILES string of the molecule is OC[C@H](O)[C@@H]1O[C@@H](O[C@H]2[C@H](O[C@H]3[C@H](O)[C@@H]([C@@H](O)CO)O[C@@H]3O)O[C@@H]([C@@H](O)CO)[C@@H]2O)[C@H](O)[C@H]1O. The highest BCUT2D eigenvalue weighted by Crippen LogP contribution is 2.35. The Kier molecular flexibility index (Phi) is 9.54. The third-order valence-electron chi connectivity index (χ3n) is 6.02. The molecule has 200 valence electrons. The van der Waals surface area contributed by atoms with Gasteiger partial charge in [-0.1, -0.05) is 0 Å². The first-order valence-corrected chi connectivity index (χ1v) is 10.6. The van der Waals surface area contributed by atoms with E-state index in [9.17, 15) is 46.0 Å². The molecular weight excluding hydrogens is 472 g/mol. The van der Waals surface area contributed by atoms with Crippen LogP contribution in [0.25, 0.3) is 0 Å². The van der Waals surface area contributed by atoms with E-state index in [0.717, 1.165) is 0 Å². The van der Waals surface area contributed by atoms with Gasteiger partial charge in [0.25, 0.3) is 0 Å². The lowest BCUT2D eigenvalue weighted by Crippen LogP contribution is -2.47. The van der Waals surface area contributed by atoms with Crippen LogP contribution in [-0.2, 0) is 23.7 Å². The summed E-state index contributed by atoms with van der Waals surface area (Å²) in [7, 11) is 0. The molecule has 0 radical (unpaired) electrons. The quantitative estimate of drug-likeness (QED) is 0.132. The first kappa shape index (κ1) is 27.9. The molecule has 0 unspecified atom stereocenters. The van der Waals surface area contributed by atoms with Crippen molar-refractivity contribution < 1.29 is 79.9 Å². The molecule has 3 rings (SSSR count). The Morgan fingerprint density at radius 3 is 1.47 bits per heavy atom. The Morgan fingerprint density at radius 2 is 0.941 bits per heavy atom. The van der Waals surface area contributed by atoms with Gasteiger partial charge in [-0.3, -0.25) is 0 Å². The maximum Gasteiger partial charge on any atom is 0.187 e. The zero-order chi connectivity index (χ0) is 25.3. The first-order valence-electron chi connectivity index (χ1n) is 10.6. The zero-order valence-electron chi connectivity index (χ0n) is 17.7. The number of aliphatic hydroxyl groups is 11. The van der Waals surface area contributed by atoms with Crippen molar-refractivity contribution in [2.45, 2.75) is 92.1 Å². The molecule has 3 aliphatic heterocycles. The highest BCUT2D eigenvalue weighted by atomic mass is 16.8. The summed E-state index contributed by atoms with van der Waals surface area (Å²) in [5, 5.41) is 108. The zero-order valence-corrected chi connectivity index (χ0v) is 17.7. The Hall–Kier alpha value is -0.640. The van der Waals surface area contributed by atoms with Crippen LogP contribution in [0.4, 0.5) is 0 Å². The number of aliphatic hydroxyl groups excluding tert-OH is 11. The topological polar surface area (TPSA) is 269 Å². The van der Waals surface area contributed by atoms with Crippen molar-refractivity contribution in [2.24, 2.45) is 0 Å². The van der Waals surface area contributed by atoms with Gasteiger partial charge in [-0.05, 0) is 0 Å². The fourth-order valence-corrected chi connectivity index (χ4v) is 4.10. The van der Waals surface area contributed by atoms with Crippen molar-refractivity contribution in [3.05, 3.63) is 0 Å². The second-order valence-corrected chi connectivity index (χ2v) is 8.34. The smallest absolute Gasteiger partial charge is 0.187 e. The van der Waals surface area contributed by atoms with Crippen molar-refractivity contribution >= 4 is 0 Å². The van der Waals surface area contributed by atoms with Crippen LogP contribution in [0.3, 0.4) is 0 Å². The second-order valence-electron chi connectivity index (χ2n) is 8.34. The number of ether oxygens (including phenoxy) is 5. The van der Waals surface area contributed by atoms with Crippen LogP contribution in [-0.4, -0.2) is 168 Å². The second kappa shape index (κ2) is 11.6. The Balaban J connectivity index is 1.77. The molecular formula is C18H32O16. The lowest BCUT2D eigenvalue weighted by Gasteiger charge is -2.29. The van der Waals surface area contributed by atoms with E-state index in [4.69, 9.17) is 33.9 Å². The Morgan fingerprint density at radius 1 is 0.529 bits per heavy atom. The van der Waals surface area contributed by atoms with Crippen LogP contribution in [0.5, 0.6) is 0 Å². The highest BCUT2D eigenvalue weighted by Gasteiger charge is 2.56. The van der Waals surface area contributed by atoms with E-state index in [2.05, 4.69) is 0 Å². The minimum atomic E-state index is -1.82. The molecule has 34 heavy (non-hydrogen) atoms. The van der Waals surface area contributed by atoms with Gasteiger partial charge in [0.1, 0.15) is 73.2 Å². The molecule has 3 saturated heterocycles. The normalized spacial score (nSPS) is 47.7. The third kappa shape index (κ3) is 5.37. The molecule has 11 N–H and O–H groups in total. The molecule has 0 aromatic rings. The molecule has 15 atom stereocenters. The van der Waals surface area contributed by atoms with E-state index in [1.165, 1.54) is 0 Å². The number of hydrogen-bond acceptors (Lipinski definition) is 16. The van der Waals surface area contributed by atoms with E-state index in [1.807, 2.05) is 0 Å². The van der Waals surface area contributed by atoms with E-state index in [-0.39, 0.29) is 0 Å². The standard InChI is InChI=1S/C18H32O16/c19-1-4(22)11-7(25)8(26)17(31-11)34-15-10(28)13(6(24)3-21)32-18(15)33-14-9(27)12(5(23)2-20)30-16(14)29/h4-29H,1-3H2/t4-,5-,6-,7+,8+,9+,10-,11-,12+,13-,14-,15+,16-,17-,18-/m0/s1. The molecule has 3 fully saturated rings. The van der Waals surface area contributed by atoms with Crippen LogP contribution in [0, 0.1) is 0 Å². The van der Waals surface area contributed by atoms with E-state index < -0.39 is 112 Å². The molecule has 0 bridgehead atoms. The van der Waals surface area contributed by atoms with E-state index >= 15 is 0 Å². The average molecular weight is 504 g/mol. The van der Waals surface area contributed by atoms with Gasteiger partial charge in [0.2, 0.25) is 0 Å². The molecule has 0 amide bonds.